The summed E-state index contributed by atoms with van der Waals surface area (Å²) in [6, 6.07) is 9.57. The average molecular weight is 273 g/mol. The molecule has 1 aromatic rings. The van der Waals surface area contributed by atoms with Crippen molar-refractivity contribution in [3.63, 3.8) is 0 Å². The van der Waals surface area contributed by atoms with Crippen molar-refractivity contribution >= 4 is 0 Å². The summed E-state index contributed by atoms with van der Waals surface area (Å²) in [5.41, 5.74) is 1.88. The lowest BCUT2D eigenvalue weighted by atomic mass is 9.57. The van der Waals surface area contributed by atoms with E-state index in [0.29, 0.717) is 5.41 Å². The maximum atomic E-state index is 5.29. The van der Waals surface area contributed by atoms with E-state index in [1.165, 1.54) is 44.1 Å². The molecule has 1 N–H and O–H groups in total. The minimum absolute atomic E-state index is 0.384. The Morgan fingerprint density at radius 2 is 1.90 bits per heavy atom. The molecule has 2 aliphatic rings. The summed E-state index contributed by atoms with van der Waals surface area (Å²) < 4.78 is 5.29. The van der Waals surface area contributed by atoms with Gasteiger partial charge in [-0.2, -0.15) is 0 Å². The van der Waals surface area contributed by atoms with Gasteiger partial charge in [0.1, 0.15) is 5.75 Å². The molecule has 2 fully saturated rings. The quantitative estimate of drug-likeness (QED) is 0.813. The summed E-state index contributed by atoms with van der Waals surface area (Å²) in [6.45, 7) is 3.46. The second kappa shape index (κ2) is 5.77. The van der Waals surface area contributed by atoms with Crippen LogP contribution in [-0.4, -0.2) is 19.7 Å². The molecule has 2 heteroatoms. The van der Waals surface area contributed by atoms with E-state index in [-0.39, 0.29) is 0 Å². The summed E-state index contributed by atoms with van der Waals surface area (Å²) in [5, 5.41) is 3.76. The van der Waals surface area contributed by atoms with Gasteiger partial charge in [-0.25, -0.2) is 0 Å². The van der Waals surface area contributed by atoms with Gasteiger partial charge >= 0.3 is 0 Å². The zero-order valence-electron chi connectivity index (χ0n) is 12.8. The summed E-state index contributed by atoms with van der Waals surface area (Å²) in [6.07, 6.45) is 8.16. The van der Waals surface area contributed by atoms with Crippen LogP contribution in [0, 0.1) is 5.92 Å². The Hall–Kier alpha value is -1.02. The molecule has 20 heavy (non-hydrogen) atoms. The van der Waals surface area contributed by atoms with Gasteiger partial charge in [0, 0.05) is 18.0 Å². The largest absolute Gasteiger partial charge is 0.497 e. The van der Waals surface area contributed by atoms with Crippen LogP contribution in [0.15, 0.2) is 24.3 Å². The van der Waals surface area contributed by atoms with Crippen molar-refractivity contribution in [1.29, 1.82) is 0 Å². The number of ether oxygens (including phenoxy) is 1. The van der Waals surface area contributed by atoms with Crippen molar-refractivity contribution in [2.24, 2.45) is 5.92 Å². The van der Waals surface area contributed by atoms with Gasteiger partial charge in [-0.3, -0.25) is 0 Å². The number of nitrogens with one attached hydrogen (secondary N) is 1. The Morgan fingerprint density at radius 1 is 1.20 bits per heavy atom. The van der Waals surface area contributed by atoms with Crippen LogP contribution >= 0.6 is 0 Å². The van der Waals surface area contributed by atoms with Crippen molar-refractivity contribution in [2.75, 3.05) is 13.7 Å². The fourth-order valence-corrected chi connectivity index (χ4v) is 3.71. The molecule has 0 heterocycles. The molecule has 0 aliphatic heterocycles. The minimum atomic E-state index is 0.384. The molecule has 0 unspecified atom stereocenters. The van der Waals surface area contributed by atoms with Crippen LogP contribution in [0.1, 0.15) is 51.0 Å². The second-order valence-corrected chi connectivity index (χ2v) is 6.73. The second-order valence-electron chi connectivity index (χ2n) is 6.73. The van der Waals surface area contributed by atoms with E-state index in [9.17, 15) is 0 Å². The number of methoxy groups -OCH3 is 1. The molecule has 0 spiro atoms. The predicted octanol–water partition coefficient (Wildman–Crippen LogP) is 3.90. The highest BCUT2D eigenvalue weighted by molar-refractivity contribution is 5.35. The lowest BCUT2D eigenvalue weighted by Crippen LogP contribution is -2.49. The normalized spacial score (nSPS) is 29.0. The average Bonchev–Trinajstić information content (AvgIpc) is 3.26. The Kier molecular flexibility index (Phi) is 4.02. The molecule has 0 atom stereocenters. The fraction of sp³-hybridized carbons (Fsp3) is 0.667. The first-order chi connectivity index (χ1) is 9.75. The third kappa shape index (κ3) is 2.85. The van der Waals surface area contributed by atoms with E-state index in [0.717, 1.165) is 24.3 Å². The smallest absolute Gasteiger partial charge is 0.118 e. The highest BCUT2D eigenvalue weighted by Crippen LogP contribution is 2.49. The number of benzene rings is 1. The van der Waals surface area contributed by atoms with Gasteiger partial charge in [0.15, 0.2) is 0 Å². The standard InChI is InChI=1S/C18H27NO/c1-3-4-14-11-18(12-14,13-19-16-7-8-16)15-5-9-17(20-2)10-6-15/h5-6,9-10,14,16,19H,3-4,7-8,11-13H2,1-2H3. The Morgan fingerprint density at radius 3 is 2.45 bits per heavy atom. The number of hydrogen-bond acceptors (Lipinski definition) is 2. The van der Waals surface area contributed by atoms with Crippen molar-refractivity contribution in [3.8, 4) is 5.75 Å². The summed E-state index contributed by atoms with van der Waals surface area (Å²) >= 11 is 0. The minimum Gasteiger partial charge on any atom is -0.497 e. The van der Waals surface area contributed by atoms with Crippen LogP contribution < -0.4 is 10.1 Å². The Labute approximate surface area is 122 Å². The third-order valence-electron chi connectivity index (χ3n) is 5.06. The third-order valence-corrected chi connectivity index (χ3v) is 5.06. The predicted molar refractivity (Wildman–Crippen MR) is 83.3 cm³/mol. The molecule has 2 aliphatic carbocycles. The lowest BCUT2D eigenvalue weighted by Gasteiger charge is -2.49. The van der Waals surface area contributed by atoms with Crippen LogP contribution in [0.2, 0.25) is 0 Å². The topological polar surface area (TPSA) is 21.3 Å². The maximum Gasteiger partial charge on any atom is 0.118 e. The van der Waals surface area contributed by atoms with Crippen molar-refractivity contribution in [3.05, 3.63) is 29.8 Å². The highest BCUT2D eigenvalue weighted by atomic mass is 16.5. The van der Waals surface area contributed by atoms with Gasteiger partial charge in [0.05, 0.1) is 7.11 Å². The maximum absolute atomic E-state index is 5.29. The molecule has 0 radical (unpaired) electrons. The van der Waals surface area contributed by atoms with Crippen molar-refractivity contribution in [2.45, 2.75) is 56.9 Å². The molecule has 1 aromatic carbocycles. The molecule has 0 saturated heterocycles. The first-order valence-electron chi connectivity index (χ1n) is 8.13. The molecule has 0 aromatic heterocycles. The van der Waals surface area contributed by atoms with Crippen LogP contribution in [0.5, 0.6) is 5.75 Å². The van der Waals surface area contributed by atoms with E-state index in [1.807, 2.05) is 0 Å². The summed E-state index contributed by atoms with van der Waals surface area (Å²) in [5.74, 6) is 1.89. The van der Waals surface area contributed by atoms with E-state index < -0.39 is 0 Å². The molecular formula is C18H27NO. The van der Waals surface area contributed by atoms with Gasteiger partial charge < -0.3 is 10.1 Å². The van der Waals surface area contributed by atoms with Gasteiger partial charge in [-0.05, 0) is 49.3 Å². The summed E-state index contributed by atoms with van der Waals surface area (Å²) in [4.78, 5) is 0. The lowest BCUT2D eigenvalue weighted by molar-refractivity contribution is 0.128. The van der Waals surface area contributed by atoms with Crippen LogP contribution in [0.4, 0.5) is 0 Å². The van der Waals surface area contributed by atoms with Crippen LogP contribution in [-0.2, 0) is 5.41 Å². The number of rotatable bonds is 7. The Balaban J connectivity index is 1.70. The van der Waals surface area contributed by atoms with Crippen LogP contribution in [0.3, 0.4) is 0 Å². The Bertz CT molecular complexity index is 429. The van der Waals surface area contributed by atoms with Gasteiger partial charge in [-0.15, -0.1) is 0 Å². The molecule has 2 nitrogen and oxygen atoms in total. The molecule has 0 bridgehead atoms. The number of hydrogen-bond donors (Lipinski definition) is 1. The monoisotopic (exact) mass is 273 g/mol. The fourth-order valence-electron chi connectivity index (χ4n) is 3.71. The zero-order valence-corrected chi connectivity index (χ0v) is 12.8. The SMILES string of the molecule is CCCC1CC(CNC2CC2)(c2ccc(OC)cc2)C1. The van der Waals surface area contributed by atoms with Crippen molar-refractivity contribution in [1.82, 2.24) is 5.32 Å². The van der Waals surface area contributed by atoms with Gasteiger partial charge in [0.25, 0.3) is 0 Å². The van der Waals surface area contributed by atoms with E-state index in [1.54, 1.807) is 7.11 Å². The van der Waals surface area contributed by atoms with E-state index in [2.05, 4.69) is 36.5 Å². The van der Waals surface area contributed by atoms with Gasteiger partial charge in [0.2, 0.25) is 0 Å². The first-order valence-corrected chi connectivity index (χ1v) is 8.13. The highest BCUT2D eigenvalue weighted by Gasteiger charge is 2.45. The zero-order chi connectivity index (χ0) is 14.0. The summed E-state index contributed by atoms with van der Waals surface area (Å²) in [7, 11) is 1.74. The van der Waals surface area contributed by atoms with Crippen molar-refractivity contribution < 1.29 is 4.74 Å². The molecule has 0 amide bonds. The molecule has 2 saturated carbocycles. The first kappa shape index (κ1) is 13.9. The molecule has 110 valence electrons. The molecular weight excluding hydrogens is 246 g/mol. The van der Waals surface area contributed by atoms with E-state index >= 15 is 0 Å². The van der Waals surface area contributed by atoms with E-state index in [4.69, 9.17) is 4.74 Å². The van der Waals surface area contributed by atoms with Gasteiger partial charge in [-0.1, -0.05) is 31.9 Å². The van der Waals surface area contributed by atoms with Crippen LogP contribution in [0.25, 0.3) is 0 Å². The molecule has 3 rings (SSSR count).